The van der Waals surface area contributed by atoms with E-state index in [0.29, 0.717) is 22.4 Å². The van der Waals surface area contributed by atoms with Gasteiger partial charge in [0.25, 0.3) is 0 Å². The molecule has 0 bridgehead atoms. The summed E-state index contributed by atoms with van der Waals surface area (Å²) in [5, 5.41) is 4.24. The molecule has 1 N–H and O–H groups in total. The second-order valence-corrected chi connectivity index (χ2v) is 6.19. The summed E-state index contributed by atoms with van der Waals surface area (Å²) < 4.78 is 10.6. The quantitative estimate of drug-likeness (QED) is 0.928. The molecule has 2 fully saturated rings. The number of hydrogen-bond acceptors (Lipinski definition) is 4. The highest BCUT2D eigenvalue weighted by Crippen LogP contribution is 2.48. The van der Waals surface area contributed by atoms with Gasteiger partial charge in [0.2, 0.25) is 5.88 Å². The molecule has 110 valence electrons. The first-order valence-electron chi connectivity index (χ1n) is 7.23. The maximum absolute atomic E-state index is 6.10. The van der Waals surface area contributed by atoms with Crippen molar-refractivity contribution in [2.75, 3.05) is 20.3 Å². The minimum atomic E-state index is 0.474. The first-order chi connectivity index (χ1) is 9.73. The molecule has 4 nitrogen and oxygen atoms in total. The van der Waals surface area contributed by atoms with Crippen LogP contribution in [0.15, 0.2) is 12.3 Å². The van der Waals surface area contributed by atoms with Gasteiger partial charge in [-0.15, -0.1) is 0 Å². The molecule has 1 aromatic heterocycles. The van der Waals surface area contributed by atoms with E-state index in [9.17, 15) is 0 Å². The van der Waals surface area contributed by atoms with Crippen LogP contribution >= 0.6 is 11.6 Å². The van der Waals surface area contributed by atoms with Crippen LogP contribution in [0.25, 0.3) is 0 Å². The number of ether oxygens (including phenoxy) is 2. The summed E-state index contributed by atoms with van der Waals surface area (Å²) in [6, 6.07) is 2.53. The molecule has 1 aliphatic carbocycles. The number of methoxy groups -OCH3 is 1. The van der Waals surface area contributed by atoms with E-state index >= 15 is 0 Å². The summed E-state index contributed by atoms with van der Waals surface area (Å²) in [4.78, 5) is 4.21. The van der Waals surface area contributed by atoms with E-state index in [1.165, 1.54) is 25.7 Å². The summed E-state index contributed by atoms with van der Waals surface area (Å²) in [5.41, 5.74) is 1.58. The Balaban J connectivity index is 1.58. The van der Waals surface area contributed by atoms with Gasteiger partial charge in [0.1, 0.15) is 5.02 Å². The number of rotatable bonds is 4. The van der Waals surface area contributed by atoms with Crippen molar-refractivity contribution in [3.8, 4) is 5.88 Å². The van der Waals surface area contributed by atoms with Crippen LogP contribution in [0.2, 0.25) is 5.02 Å². The Morgan fingerprint density at radius 3 is 2.85 bits per heavy atom. The Morgan fingerprint density at radius 2 is 2.25 bits per heavy atom. The Morgan fingerprint density at radius 1 is 1.45 bits per heavy atom. The van der Waals surface area contributed by atoms with Crippen LogP contribution in [0.1, 0.15) is 31.2 Å². The van der Waals surface area contributed by atoms with Gasteiger partial charge < -0.3 is 14.8 Å². The average Bonchev–Trinajstić information content (AvgIpc) is 2.47. The molecule has 1 spiro atoms. The van der Waals surface area contributed by atoms with Gasteiger partial charge in [-0.2, -0.15) is 0 Å². The van der Waals surface area contributed by atoms with Crippen molar-refractivity contribution in [1.29, 1.82) is 0 Å². The average molecular weight is 297 g/mol. The van der Waals surface area contributed by atoms with Gasteiger partial charge in [0, 0.05) is 32.0 Å². The molecule has 1 aliphatic heterocycles. The summed E-state index contributed by atoms with van der Waals surface area (Å²) in [5.74, 6) is 0.486. The third-order valence-electron chi connectivity index (χ3n) is 4.77. The van der Waals surface area contributed by atoms with Crippen molar-refractivity contribution >= 4 is 11.6 Å². The van der Waals surface area contributed by atoms with E-state index < -0.39 is 0 Å². The Hall–Kier alpha value is -0.840. The van der Waals surface area contributed by atoms with E-state index in [4.69, 9.17) is 21.1 Å². The van der Waals surface area contributed by atoms with Gasteiger partial charge in [-0.3, -0.25) is 0 Å². The van der Waals surface area contributed by atoms with Crippen LogP contribution in [0.4, 0.5) is 0 Å². The normalized spacial score (nSPS) is 24.4. The maximum atomic E-state index is 6.10. The largest absolute Gasteiger partial charge is 0.480 e. The molecule has 20 heavy (non-hydrogen) atoms. The Bertz CT molecular complexity index is 475. The first kappa shape index (κ1) is 14.1. The van der Waals surface area contributed by atoms with Crippen LogP contribution in [0.5, 0.6) is 5.88 Å². The van der Waals surface area contributed by atoms with Crippen molar-refractivity contribution in [3.05, 3.63) is 22.8 Å². The minimum Gasteiger partial charge on any atom is -0.480 e. The lowest BCUT2D eigenvalue weighted by Crippen LogP contribution is -2.55. The molecule has 3 rings (SSSR count). The predicted octanol–water partition coefficient (Wildman–Crippen LogP) is 2.79. The minimum absolute atomic E-state index is 0.474. The summed E-state index contributed by atoms with van der Waals surface area (Å²) >= 11 is 6.10. The third kappa shape index (κ3) is 2.65. The highest BCUT2D eigenvalue weighted by molar-refractivity contribution is 6.31. The number of halogens is 1. The van der Waals surface area contributed by atoms with E-state index in [-0.39, 0.29) is 0 Å². The third-order valence-corrected chi connectivity index (χ3v) is 5.04. The zero-order valence-electron chi connectivity index (χ0n) is 11.8. The van der Waals surface area contributed by atoms with Gasteiger partial charge in [-0.25, -0.2) is 4.98 Å². The smallest absolute Gasteiger partial charge is 0.232 e. The van der Waals surface area contributed by atoms with Crippen LogP contribution in [0, 0.1) is 5.41 Å². The molecule has 0 amide bonds. The Labute approximate surface area is 124 Å². The van der Waals surface area contributed by atoms with Crippen LogP contribution in [-0.4, -0.2) is 31.3 Å². The molecule has 0 unspecified atom stereocenters. The standard InChI is InChI=1S/C15H21ClN2O2/c1-19-14-12(16)8-11(10-18-14)9-17-13-2-3-15(13)4-6-20-7-5-15/h8,10,13,17H,2-7,9H2,1H3/t13-/m0/s1. The fourth-order valence-electron chi connectivity index (χ4n) is 3.34. The number of nitrogens with one attached hydrogen (secondary N) is 1. The van der Waals surface area contributed by atoms with Gasteiger partial charge in [-0.1, -0.05) is 11.6 Å². The molecule has 0 radical (unpaired) electrons. The van der Waals surface area contributed by atoms with Gasteiger partial charge in [0.05, 0.1) is 7.11 Å². The zero-order chi connectivity index (χ0) is 14.0. The van der Waals surface area contributed by atoms with E-state index in [1.807, 2.05) is 12.3 Å². The highest BCUT2D eigenvalue weighted by Gasteiger charge is 2.46. The molecule has 1 saturated carbocycles. The lowest BCUT2D eigenvalue weighted by atomic mass is 9.60. The predicted molar refractivity (Wildman–Crippen MR) is 78.1 cm³/mol. The topological polar surface area (TPSA) is 43.4 Å². The lowest BCUT2D eigenvalue weighted by molar-refractivity contribution is -0.0552. The molecule has 1 saturated heterocycles. The number of pyridine rings is 1. The Kier molecular flexibility index (Phi) is 4.15. The fraction of sp³-hybridized carbons (Fsp3) is 0.667. The van der Waals surface area contributed by atoms with Gasteiger partial charge in [0.15, 0.2) is 0 Å². The molecular formula is C15H21ClN2O2. The van der Waals surface area contributed by atoms with E-state index in [0.717, 1.165) is 25.3 Å². The molecule has 1 atom stereocenters. The summed E-state index contributed by atoms with van der Waals surface area (Å²) in [6.07, 6.45) is 6.79. The lowest BCUT2D eigenvalue weighted by Gasteiger charge is -2.52. The van der Waals surface area contributed by atoms with Crippen LogP contribution in [0.3, 0.4) is 0 Å². The molecule has 2 aliphatic rings. The maximum Gasteiger partial charge on any atom is 0.232 e. The van der Waals surface area contributed by atoms with E-state index in [1.54, 1.807) is 7.11 Å². The van der Waals surface area contributed by atoms with Crippen molar-refractivity contribution in [3.63, 3.8) is 0 Å². The second kappa shape index (κ2) is 5.88. The molecule has 1 aromatic rings. The first-order valence-corrected chi connectivity index (χ1v) is 7.61. The number of aromatic nitrogens is 1. The van der Waals surface area contributed by atoms with E-state index in [2.05, 4.69) is 10.3 Å². The van der Waals surface area contributed by atoms with Crippen molar-refractivity contribution in [2.45, 2.75) is 38.3 Å². The molecule has 2 heterocycles. The van der Waals surface area contributed by atoms with Crippen molar-refractivity contribution in [2.24, 2.45) is 5.41 Å². The summed E-state index contributed by atoms with van der Waals surface area (Å²) in [7, 11) is 1.58. The molecule has 0 aromatic carbocycles. The van der Waals surface area contributed by atoms with Gasteiger partial charge >= 0.3 is 0 Å². The monoisotopic (exact) mass is 296 g/mol. The fourth-order valence-corrected chi connectivity index (χ4v) is 3.61. The van der Waals surface area contributed by atoms with Gasteiger partial charge in [-0.05, 0) is 42.7 Å². The second-order valence-electron chi connectivity index (χ2n) is 5.78. The number of nitrogens with zero attached hydrogens (tertiary/aromatic N) is 1. The molecular weight excluding hydrogens is 276 g/mol. The molecule has 5 heteroatoms. The number of hydrogen-bond donors (Lipinski definition) is 1. The SMILES string of the molecule is COc1ncc(CN[C@H]2CCC23CCOCC3)cc1Cl. The summed E-state index contributed by atoms with van der Waals surface area (Å²) in [6.45, 7) is 2.63. The van der Waals surface area contributed by atoms with Crippen LogP contribution in [-0.2, 0) is 11.3 Å². The van der Waals surface area contributed by atoms with Crippen molar-refractivity contribution in [1.82, 2.24) is 10.3 Å². The van der Waals surface area contributed by atoms with Crippen molar-refractivity contribution < 1.29 is 9.47 Å². The van der Waals surface area contributed by atoms with Crippen LogP contribution < -0.4 is 10.1 Å². The highest BCUT2D eigenvalue weighted by atomic mass is 35.5. The zero-order valence-corrected chi connectivity index (χ0v) is 12.6.